The molecule has 32 heavy (non-hydrogen) atoms. The van der Waals surface area contributed by atoms with Crippen LogP contribution in [0.3, 0.4) is 0 Å². The van der Waals surface area contributed by atoms with Crippen LogP contribution >= 0.6 is 0 Å². The zero-order chi connectivity index (χ0) is 22.9. The molecule has 0 rings (SSSR count). The quantitative estimate of drug-likeness (QED) is 0.139. The van der Waals surface area contributed by atoms with Crippen molar-refractivity contribution in [3.63, 3.8) is 0 Å². The Kier molecular flexibility index (Phi) is 39.6. The molecule has 0 atom stereocenters. The fourth-order valence-corrected chi connectivity index (χ4v) is 4.16. The Morgan fingerprint density at radius 1 is 0.562 bits per heavy atom. The Morgan fingerprint density at radius 2 is 0.750 bits per heavy atom. The summed E-state index contributed by atoms with van der Waals surface area (Å²) in [5.74, 6) is -1.08. The van der Waals surface area contributed by atoms with Gasteiger partial charge in [-0.05, 0) is 45.4 Å². The third-order valence-corrected chi connectivity index (χ3v) is 6.15. The van der Waals surface area contributed by atoms with Crippen LogP contribution in [0.25, 0.3) is 0 Å². The van der Waals surface area contributed by atoms with Gasteiger partial charge in [0.1, 0.15) is 0 Å². The predicted molar refractivity (Wildman–Crippen MR) is 132 cm³/mol. The van der Waals surface area contributed by atoms with Crippen LogP contribution in [0, 0.1) is 0 Å². The van der Waals surface area contributed by atoms with Gasteiger partial charge < -0.3 is 26.8 Å². The summed E-state index contributed by atoms with van der Waals surface area (Å²) in [5, 5.41) is 8.89. The zero-order valence-corrected chi connectivity index (χ0v) is 25.7. The molecule has 0 amide bonds. The van der Waals surface area contributed by atoms with Crippen molar-refractivity contribution >= 4 is 5.97 Å². The van der Waals surface area contributed by atoms with E-state index in [1.165, 1.54) is 140 Å². The summed E-state index contributed by atoms with van der Waals surface area (Å²) in [6.07, 6.45) is 25.9. The minimum atomic E-state index is -1.08. The van der Waals surface area contributed by atoms with Gasteiger partial charge in [0.2, 0.25) is 0 Å². The molecule has 0 aromatic heterocycles. The van der Waals surface area contributed by atoms with Crippen LogP contribution in [0.1, 0.15) is 143 Å². The molecule has 0 aliphatic carbocycles. The van der Waals surface area contributed by atoms with E-state index in [-0.39, 0.29) is 42.0 Å². The molecular formula is C27H57ClNNaO2. The van der Waals surface area contributed by atoms with Crippen LogP contribution in [0.5, 0.6) is 0 Å². The maximum Gasteiger partial charge on any atom is 1.00 e. The van der Waals surface area contributed by atoms with E-state index in [0.29, 0.717) is 0 Å². The number of quaternary nitrogens is 1. The van der Waals surface area contributed by atoms with Gasteiger partial charge >= 0.3 is 29.6 Å². The van der Waals surface area contributed by atoms with E-state index in [2.05, 4.69) is 27.8 Å². The molecule has 0 fully saturated rings. The Balaban J connectivity index is -0.000000598. The maximum absolute atomic E-state index is 8.89. The van der Waals surface area contributed by atoms with Gasteiger partial charge in [0, 0.05) is 5.97 Å². The first-order valence-corrected chi connectivity index (χ1v) is 13.4. The number of unbranched alkanes of at least 4 members (excludes halogenated alkanes) is 15. The van der Waals surface area contributed by atoms with E-state index in [4.69, 9.17) is 9.90 Å². The first kappa shape index (κ1) is 39.9. The number of carboxylic acid groups (broad SMARTS) is 1. The number of carbonyl (C=O) groups excluding carboxylic acids is 1. The molecule has 0 saturated carbocycles. The van der Waals surface area contributed by atoms with Crippen LogP contribution in [0.15, 0.2) is 0 Å². The largest absolute Gasteiger partial charge is 1.00 e. The Labute approximate surface area is 231 Å². The Bertz CT molecular complexity index is 312. The van der Waals surface area contributed by atoms with E-state index >= 15 is 0 Å². The molecule has 0 aliphatic rings. The van der Waals surface area contributed by atoms with Gasteiger partial charge in [-0.1, -0.05) is 97.8 Å². The maximum atomic E-state index is 8.89. The van der Waals surface area contributed by atoms with E-state index in [9.17, 15) is 0 Å². The molecule has 5 heteroatoms. The van der Waals surface area contributed by atoms with Crippen molar-refractivity contribution < 1.29 is 56.3 Å². The molecule has 0 spiro atoms. The van der Waals surface area contributed by atoms with Crippen molar-refractivity contribution in [3.8, 4) is 0 Å². The SMILES string of the molecule is CC(=O)[O-].CCCCCCCC[N+](C)(CCCCCCCC)CCCCCCCC.[Cl-].[Na+]. The van der Waals surface area contributed by atoms with Crippen LogP contribution < -0.4 is 47.1 Å². The second-order valence-corrected chi connectivity index (χ2v) is 9.59. The number of halogens is 1. The van der Waals surface area contributed by atoms with Crippen molar-refractivity contribution in [2.75, 3.05) is 26.7 Å². The van der Waals surface area contributed by atoms with Crippen molar-refractivity contribution in [1.82, 2.24) is 0 Å². The number of rotatable bonds is 21. The predicted octanol–water partition coefficient (Wildman–Crippen LogP) is 1.28. The smallest absolute Gasteiger partial charge is 1.00 e. The standard InChI is InChI=1S/C25H54N.C2H4O2.ClH.Na/c1-5-8-11-14-17-20-23-26(4,24-21-18-15-12-9-6-2)25-22-19-16-13-10-7-3;1-2(3)4;;/h5-25H2,1-4H3;1H3,(H,3,4);1H;/q+1;;;+1/p-2. The fraction of sp³-hybridized carbons (Fsp3) is 0.963. The summed E-state index contributed by atoms with van der Waals surface area (Å²) >= 11 is 0. The molecule has 0 unspecified atom stereocenters. The second kappa shape index (κ2) is 31.7. The van der Waals surface area contributed by atoms with Gasteiger partial charge in [-0.2, -0.15) is 0 Å². The van der Waals surface area contributed by atoms with Crippen molar-refractivity contribution in [2.45, 2.75) is 143 Å². The first-order chi connectivity index (χ1) is 14.4. The van der Waals surface area contributed by atoms with Crippen LogP contribution in [0.4, 0.5) is 0 Å². The first-order valence-electron chi connectivity index (χ1n) is 13.4. The van der Waals surface area contributed by atoms with E-state index in [1.807, 2.05) is 0 Å². The number of hydrogen-bond acceptors (Lipinski definition) is 2. The fourth-order valence-electron chi connectivity index (χ4n) is 4.16. The van der Waals surface area contributed by atoms with Gasteiger partial charge in [0.25, 0.3) is 0 Å². The average Bonchev–Trinajstić information content (AvgIpc) is 2.70. The summed E-state index contributed by atoms with van der Waals surface area (Å²) in [6, 6.07) is 0. The van der Waals surface area contributed by atoms with Crippen LogP contribution in [0.2, 0.25) is 0 Å². The molecule has 0 N–H and O–H groups in total. The number of aliphatic carboxylic acids is 1. The van der Waals surface area contributed by atoms with Gasteiger partial charge in [-0.25, -0.2) is 0 Å². The zero-order valence-electron chi connectivity index (χ0n) is 23.0. The van der Waals surface area contributed by atoms with Crippen molar-refractivity contribution in [3.05, 3.63) is 0 Å². The van der Waals surface area contributed by atoms with E-state index < -0.39 is 5.97 Å². The van der Waals surface area contributed by atoms with Crippen LogP contribution in [-0.2, 0) is 4.79 Å². The molecule has 0 aromatic rings. The number of carboxylic acids is 1. The number of hydrogen-bond donors (Lipinski definition) is 0. The molecule has 0 radical (unpaired) electrons. The summed E-state index contributed by atoms with van der Waals surface area (Å²) in [5.41, 5.74) is 0. The second-order valence-electron chi connectivity index (χ2n) is 9.59. The normalized spacial score (nSPS) is 10.5. The molecule has 3 nitrogen and oxygen atoms in total. The third kappa shape index (κ3) is 35.3. The van der Waals surface area contributed by atoms with Crippen LogP contribution in [-0.4, -0.2) is 37.1 Å². The average molecular weight is 486 g/mol. The third-order valence-electron chi connectivity index (χ3n) is 6.15. The number of carbonyl (C=O) groups is 1. The number of nitrogens with zero attached hydrogens (tertiary/aromatic N) is 1. The Hall–Kier alpha value is 0.720. The molecule has 190 valence electrons. The van der Waals surface area contributed by atoms with Gasteiger partial charge in [0.15, 0.2) is 0 Å². The molecule has 0 aromatic carbocycles. The minimum Gasteiger partial charge on any atom is -1.00 e. The minimum absolute atomic E-state index is 0. The van der Waals surface area contributed by atoms with E-state index in [1.54, 1.807) is 0 Å². The van der Waals surface area contributed by atoms with Crippen molar-refractivity contribution in [1.29, 1.82) is 0 Å². The molecular weight excluding hydrogens is 429 g/mol. The van der Waals surface area contributed by atoms with Crippen molar-refractivity contribution in [2.24, 2.45) is 0 Å². The summed E-state index contributed by atoms with van der Waals surface area (Å²) in [6.45, 7) is 12.2. The molecule has 0 aliphatic heterocycles. The monoisotopic (exact) mass is 485 g/mol. The van der Waals surface area contributed by atoms with Gasteiger partial charge in [0.05, 0.1) is 26.7 Å². The topological polar surface area (TPSA) is 40.1 Å². The molecule has 0 bridgehead atoms. The Morgan fingerprint density at radius 3 is 0.969 bits per heavy atom. The summed E-state index contributed by atoms with van der Waals surface area (Å²) in [7, 11) is 2.56. The molecule has 0 heterocycles. The summed E-state index contributed by atoms with van der Waals surface area (Å²) < 4.78 is 1.36. The van der Waals surface area contributed by atoms with Gasteiger partial charge in [-0.3, -0.25) is 0 Å². The van der Waals surface area contributed by atoms with E-state index in [0.717, 1.165) is 6.92 Å². The summed E-state index contributed by atoms with van der Waals surface area (Å²) in [4.78, 5) is 8.89. The molecule has 0 saturated heterocycles. The van der Waals surface area contributed by atoms with Gasteiger partial charge in [-0.15, -0.1) is 0 Å².